The van der Waals surface area contributed by atoms with Gasteiger partial charge in [0.05, 0.1) is 5.60 Å². The van der Waals surface area contributed by atoms with E-state index in [9.17, 15) is 5.11 Å². The molecule has 1 heterocycles. The van der Waals surface area contributed by atoms with Crippen molar-refractivity contribution in [1.82, 2.24) is 4.90 Å². The highest BCUT2D eigenvalue weighted by Gasteiger charge is 2.38. The zero-order valence-corrected chi connectivity index (χ0v) is 13.1. The molecule has 3 rings (SSSR count). The summed E-state index contributed by atoms with van der Waals surface area (Å²) in [7, 11) is 0. The van der Waals surface area contributed by atoms with Gasteiger partial charge in [-0.2, -0.15) is 0 Å². The fourth-order valence-corrected chi connectivity index (χ4v) is 4.19. The average Bonchev–Trinajstić information content (AvgIpc) is 2.93. The summed E-state index contributed by atoms with van der Waals surface area (Å²) in [6.45, 7) is 3.57. The summed E-state index contributed by atoms with van der Waals surface area (Å²) in [4.78, 5) is 2.58. The van der Waals surface area contributed by atoms with E-state index >= 15 is 0 Å². The first-order valence-electron chi connectivity index (χ1n) is 8.75. The fraction of sp³-hybridized carbons (Fsp3) is 0.684. The second-order valence-corrected chi connectivity index (χ2v) is 7.07. The van der Waals surface area contributed by atoms with Crippen LogP contribution in [0.15, 0.2) is 30.3 Å². The molecule has 0 aromatic heterocycles. The van der Waals surface area contributed by atoms with Gasteiger partial charge in [0, 0.05) is 18.9 Å². The number of likely N-dealkylation sites (tertiary alicyclic amines) is 1. The molecule has 0 spiro atoms. The molecule has 1 saturated heterocycles. The largest absolute Gasteiger partial charge is 0.389 e. The molecule has 2 atom stereocenters. The Balaban J connectivity index is 1.73. The number of aliphatic hydroxyl groups is 1. The normalized spacial score (nSPS) is 31.2. The van der Waals surface area contributed by atoms with Crippen LogP contribution in [-0.4, -0.2) is 35.2 Å². The summed E-state index contributed by atoms with van der Waals surface area (Å²) in [6, 6.07) is 10.6. The van der Waals surface area contributed by atoms with Crippen molar-refractivity contribution in [1.29, 1.82) is 0 Å². The maximum Gasteiger partial charge on any atom is 0.0728 e. The predicted octanol–water partition coefficient (Wildman–Crippen LogP) is 3.64. The third kappa shape index (κ3) is 3.87. The minimum absolute atomic E-state index is 0.443. The van der Waals surface area contributed by atoms with Crippen LogP contribution in [0, 0.1) is 5.92 Å². The van der Waals surface area contributed by atoms with Crippen LogP contribution >= 0.6 is 0 Å². The molecule has 1 aliphatic carbocycles. The number of hydrogen-bond donors (Lipinski definition) is 1. The van der Waals surface area contributed by atoms with Gasteiger partial charge in [-0.1, -0.05) is 49.6 Å². The molecule has 1 aromatic rings. The molecule has 0 amide bonds. The smallest absolute Gasteiger partial charge is 0.0728 e. The Hall–Kier alpha value is -0.860. The van der Waals surface area contributed by atoms with Crippen LogP contribution in [0.4, 0.5) is 0 Å². The van der Waals surface area contributed by atoms with Crippen LogP contribution < -0.4 is 0 Å². The Morgan fingerprint density at radius 3 is 2.52 bits per heavy atom. The molecule has 2 nitrogen and oxygen atoms in total. The van der Waals surface area contributed by atoms with Crippen LogP contribution in [0.1, 0.15) is 50.5 Å². The monoisotopic (exact) mass is 287 g/mol. The quantitative estimate of drug-likeness (QED) is 0.855. The van der Waals surface area contributed by atoms with Crippen molar-refractivity contribution in [2.75, 3.05) is 19.6 Å². The molecule has 2 fully saturated rings. The van der Waals surface area contributed by atoms with Gasteiger partial charge in [0.1, 0.15) is 0 Å². The third-order valence-corrected chi connectivity index (χ3v) is 5.45. The van der Waals surface area contributed by atoms with Crippen LogP contribution in [0.25, 0.3) is 0 Å². The van der Waals surface area contributed by atoms with Crippen molar-refractivity contribution in [2.45, 2.75) is 57.0 Å². The fourth-order valence-electron chi connectivity index (χ4n) is 4.19. The van der Waals surface area contributed by atoms with Crippen molar-refractivity contribution in [3.8, 4) is 0 Å². The Labute approximate surface area is 129 Å². The zero-order chi connectivity index (χ0) is 14.5. The Bertz CT molecular complexity index is 426. The van der Waals surface area contributed by atoms with Gasteiger partial charge in [0.25, 0.3) is 0 Å². The van der Waals surface area contributed by atoms with Crippen LogP contribution in [-0.2, 0) is 6.42 Å². The summed E-state index contributed by atoms with van der Waals surface area (Å²) >= 11 is 0. The highest BCUT2D eigenvalue weighted by molar-refractivity contribution is 5.17. The molecule has 0 bridgehead atoms. The second kappa shape index (κ2) is 6.93. The standard InChI is InChI=1S/C19H29NO/c21-19(15-17-9-3-1-4-10-17)12-6-2-5-11-18(19)16-20-13-7-8-14-20/h1,3-4,9-10,18,21H,2,5-8,11-16H2. The van der Waals surface area contributed by atoms with E-state index in [0.29, 0.717) is 5.92 Å². The summed E-state index contributed by atoms with van der Waals surface area (Å²) < 4.78 is 0. The Kier molecular flexibility index (Phi) is 4.97. The summed E-state index contributed by atoms with van der Waals surface area (Å²) in [5.74, 6) is 0.443. The van der Waals surface area contributed by atoms with Crippen LogP contribution in [0.5, 0.6) is 0 Å². The minimum atomic E-state index is -0.500. The molecule has 116 valence electrons. The molecule has 2 aliphatic rings. The van der Waals surface area contributed by atoms with E-state index in [4.69, 9.17) is 0 Å². The van der Waals surface area contributed by atoms with Crippen LogP contribution in [0.2, 0.25) is 0 Å². The van der Waals surface area contributed by atoms with Gasteiger partial charge < -0.3 is 10.0 Å². The summed E-state index contributed by atoms with van der Waals surface area (Å²) in [5.41, 5.74) is 0.786. The molecule has 1 aromatic carbocycles. The van der Waals surface area contributed by atoms with Crippen molar-refractivity contribution in [2.24, 2.45) is 5.92 Å². The molecular weight excluding hydrogens is 258 g/mol. The molecule has 1 N–H and O–H groups in total. The zero-order valence-electron chi connectivity index (χ0n) is 13.1. The highest BCUT2D eigenvalue weighted by atomic mass is 16.3. The van der Waals surface area contributed by atoms with Gasteiger partial charge in [-0.05, 0) is 44.3 Å². The molecular formula is C19H29NO. The van der Waals surface area contributed by atoms with Gasteiger partial charge in [-0.15, -0.1) is 0 Å². The van der Waals surface area contributed by atoms with Gasteiger partial charge in [0.2, 0.25) is 0 Å². The van der Waals surface area contributed by atoms with E-state index in [-0.39, 0.29) is 0 Å². The maximum atomic E-state index is 11.4. The lowest BCUT2D eigenvalue weighted by Gasteiger charge is -2.37. The number of nitrogens with zero attached hydrogens (tertiary/aromatic N) is 1. The number of benzene rings is 1. The molecule has 21 heavy (non-hydrogen) atoms. The average molecular weight is 287 g/mol. The van der Waals surface area contributed by atoms with E-state index < -0.39 is 5.60 Å². The van der Waals surface area contributed by atoms with Crippen molar-refractivity contribution >= 4 is 0 Å². The van der Waals surface area contributed by atoms with E-state index in [0.717, 1.165) is 19.4 Å². The number of hydrogen-bond acceptors (Lipinski definition) is 2. The van der Waals surface area contributed by atoms with Crippen molar-refractivity contribution < 1.29 is 5.11 Å². The Morgan fingerprint density at radius 1 is 1.00 bits per heavy atom. The highest BCUT2D eigenvalue weighted by Crippen LogP contribution is 2.36. The molecule has 0 radical (unpaired) electrons. The summed E-state index contributed by atoms with van der Waals surface area (Å²) in [6.07, 6.45) is 9.42. The molecule has 2 heteroatoms. The van der Waals surface area contributed by atoms with E-state index in [1.807, 2.05) is 0 Å². The maximum absolute atomic E-state index is 11.4. The predicted molar refractivity (Wildman–Crippen MR) is 87.3 cm³/mol. The molecule has 1 aliphatic heterocycles. The lowest BCUT2D eigenvalue weighted by atomic mass is 9.78. The Morgan fingerprint density at radius 2 is 1.76 bits per heavy atom. The van der Waals surface area contributed by atoms with Gasteiger partial charge in [0.15, 0.2) is 0 Å². The van der Waals surface area contributed by atoms with Gasteiger partial charge in [-0.3, -0.25) is 0 Å². The first kappa shape index (κ1) is 15.1. The molecule has 2 unspecified atom stereocenters. The SMILES string of the molecule is OC1(Cc2ccccc2)CCCCCC1CN1CCCC1. The van der Waals surface area contributed by atoms with Gasteiger partial charge in [-0.25, -0.2) is 0 Å². The van der Waals surface area contributed by atoms with E-state index in [2.05, 4.69) is 35.2 Å². The first-order chi connectivity index (χ1) is 10.3. The molecule has 1 saturated carbocycles. The summed E-state index contributed by atoms with van der Waals surface area (Å²) in [5, 5.41) is 11.4. The second-order valence-electron chi connectivity index (χ2n) is 7.07. The minimum Gasteiger partial charge on any atom is -0.389 e. The van der Waals surface area contributed by atoms with Crippen LogP contribution in [0.3, 0.4) is 0 Å². The van der Waals surface area contributed by atoms with E-state index in [1.165, 1.54) is 57.2 Å². The number of rotatable bonds is 4. The first-order valence-corrected chi connectivity index (χ1v) is 8.75. The van der Waals surface area contributed by atoms with Crippen molar-refractivity contribution in [3.05, 3.63) is 35.9 Å². The third-order valence-electron chi connectivity index (χ3n) is 5.45. The lowest BCUT2D eigenvalue weighted by Crippen LogP contribution is -2.45. The van der Waals surface area contributed by atoms with E-state index in [1.54, 1.807) is 0 Å². The topological polar surface area (TPSA) is 23.5 Å². The lowest BCUT2D eigenvalue weighted by molar-refractivity contribution is -0.0349. The van der Waals surface area contributed by atoms with Crippen molar-refractivity contribution in [3.63, 3.8) is 0 Å². The van der Waals surface area contributed by atoms with Gasteiger partial charge >= 0.3 is 0 Å².